The Bertz CT molecular complexity index is 925. The van der Waals surface area contributed by atoms with Crippen molar-refractivity contribution in [3.05, 3.63) is 83.5 Å². The SMILES string of the molecule is Brc1ccc(-c2cc3ccccc3n2-c2ccccc2)nc1. The predicted molar refractivity (Wildman–Crippen MR) is 94.2 cm³/mol. The van der Waals surface area contributed by atoms with Crippen molar-refractivity contribution in [2.45, 2.75) is 0 Å². The monoisotopic (exact) mass is 348 g/mol. The van der Waals surface area contributed by atoms with Crippen molar-refractivity contribution < 1.29 is 0 Å². The fraction of sp³-hybridized carbons (Fsp3) is 0. The molecule has 2 heterocycles. The molecule has 0 fully saturated rings. The van der Waals surface area contributed by atoms with E-state index in [9.17, 15) is 0 Å². The number of benzene rings is 2. The Morgan fingerprint density at radius 2 is 1.59 bits per heavy atom. The van der Waals surface area contributed by atoms with Crippen LogP contribution in [0.4, 0.5) is 0 Å². The lowest BCUT2D eigenvalue weighted by atomic mass is 10.2. The number of para-hydroxylation sites is 2. The van der Waals surface area contributed by atoms with Crippen LogP contribution in [-0.2, 0) is 0 Å². The van der Waals surface area contributed by atoms with Crippen molar-refractivity contribution >= 4 is 26.8 Å². The molecule has 0 saturated carbocycles. The zero-order chi connectivity index (χ0) is 14.9. The van der Waals surface area contributed by atoms with E-state index in [2.05, 4.69) is 80.1 Å². The van der Waals surface area contributed by atoms with Crippen molar-refractivity contribution in [3.63, 3.8) is 0 Å². The van der Waals surface area contributed by atoms with E-state index in [1.54, 1.807) is 0 Å². The molecule has 106 valence electrons. The maximum Gasteiger partial charge on any atom is 0.0871 e. The number of nitrogens with zero attached hydrogens (tertiary/aromatic N) is 2. The van der Waals surface area contributed by atoms with Gasteiger partial charge in [-0.3, -0.25) is 4.98 Å². The summed E-state index contributed by atoms with van der Waals surface area (Å²) in [6.07, 6.45) is 1.84. The second-order valence-electron chi connectivity index (χ2n) is 5.12. The Morgan fingerprint density at radius 3 is 2.36 bits per heavy atom. The van der Waals surface area contributed by atoms with Gasteiger partial charge in [0, 0.05) is 21.7 Å². The first kappa shape index (κ1) is 13.3. The smallest absolute Gasteiger partial charge is 0.0871 e. The maximum absolute atomic E-state index is 4.56. The zero-order valence-electron chi connectivity index (χ0n) is 11.8. The van der Waals surface area contributed by atoms with Crippen LogP contribution in [0.5, 0.6) is 0 Å². The Morgan fingerprint density at radius 1 is 0.818 bits per heavy atom. The topological polar surface area (TPSA) is 17.8 Å². The highest BCUT2D eigenvalue weighted by Gasteiger charge is 2.12. The molecule has 0 radical (unpaired) electrons. The summed E-state index contributed by atoms with van der Waals surface area (Å²) in [5.41, 5.74) is 4.39. The normalized spacial score (nSPS) is 11.0. The molecule has 0 unspecified atom stereocenters. The van der Waals surface area contributed by atoms with Crippen molar-refractivity contribution in [3.8, 4) is 17.1 Å². The summed E-state index contributed by atoms with van der Waals surface area (Å²) in [7, 11) is 0. The van der Waals surface area contributed by atoms with Gasteiger partial charge in [-0.15, -0.1) is 0 Å². The van der Waals surface area contributed by atoms with Crippen LogP contribution < -0.4 is 0 Å². The fourth-order valence-electron chi connectivity index (χ4n) is 2.73. The Kier molecular flexibility index (Phi) is 3.28. The highest BCUT2D eigenvalue weighted by molar-refractivity contribution is 9.10. The van der Waals surface area contributed by atoms with E-state index in [0.29, 0.717) is 0 Å². The van der Waals surface area contributed by atoms with Gasteiger partial charge in [-0.05, 0) is 52.3 Å². The summed E-state index contributed by atoms with van der Waals surface area (Å²) in [5.74, 6) is 0. The molecule has 0 spiro atoms. The summed E-state index contributed by atoms with van der Waals surface area (Å²) in [6.45, 7) is 0. The molecule has 0 aliphatic heterocycles. The minimum absolute atomic E-state index is 0.961. The van der Waals surface area contributed by atoms with Crippen LogP contribution >= 0.6 is 15.9 Å². The van der Waals surface area contributed by atoms with Crippen LogP contribution in [0, 0.1) is 0 Å². The van der Waals surface area contributed by atoms with Gasteiger partial charge in [0.05, 0.1) is 16.9 Å². The van der Waals surface area contributed by atoms with Crippen LogP contribution in [0.3, 0.4) is 0 Å². The second-order valence-corrected chi connectivity index (χ2v) is 6.04. The molecule has 3 heteroatoms. The van der Waals surface area contributed by atoms with Crippen molar-refractivity contribution in [2.75, 3.05) is 0 Å². The van der Waals surface area contributed by atoms with Gasteiger partial charge in [-0.2, -0.15) is 0 Å². The standard InChI is InChI=1S/C19H13BrN2/c20-15-10-11-17(21-13-15)19-12-14-6-4-5-9-18(14)22(19)16-7-2-1-3-8-16/h1-13H. The van der Waals surface area contributed by atoms with Gasteiger partial charge < -0.3 is 4.57 Å². The van der Waals surface area contributed by atoms with Crippen LogP contribution in [-0.4, -0.2) is 9.55 Å². The zero-order valence-corrected chi connectivity index (χ0v) is 13.4. The van der Waals surface area contributed by atoms with E-state index in [4.69, 9.17) is 0 Å². The number of hydrogen-bond donors (Lipinski definition) is 0. The number of fused-ring (bicyclic) bond motifs is 1. The summed E-state index contributed by atoms with van der Waals surface area (Å²) >= 11 is 3.45. The quantitative estimate of drug-likeness (QED) is 0.470. The molecule has 2 nitrogen and oxygen atoms in total. The fourth-order valence-corrected chi connectivity index (χ4v) is 2.96. The van der Waals surface area contributed by atoms with Crippen LogP contribution in [0.1, 0.15) is 0 Å². The molecule has 0 atom stereocenters. The largest absolute Gasteiger partial charge is 0.308 e. The van der Waals surface area contributed by atoms with Gasteiger partial charge in [-0.1, -0.05) is 36.4 Å². The molecule has 4 rings (SSSR count). The third-order valence-corrected chi connectivity index (χ3v) is 4.18. The highest BCUT2D eigenvalue weighted by atomic mass is 79.9. The van der Waals surface area contributed by atoms with E-state index in [0.717, 1.165) is 21.5 Å². The lowest BCUT2D eigenvalue weighted by Gasteiger charge is -2.10. The summed E-state index contributed by atoms with van der Waals surface area (Å²) in [6, 6.07) is 25.1. The van der Waals surface area contributed by atoms with E-state index >= 15 is 0 Å². The molecular weight excluding hydrogens is 336 g/mol. The lowest BCUT2D eigenvalue weighted by Crippen LogP contribution is -1.97. The van der Waals surface area contributed by atoms with Gasteiger partial charge in [-0.25, -0.2) is 0 Å². The lowest BCUT2D eigenvalue weighted by molar-refractivity contribution is 1.11. The maximum atomic E-state index is 4.56. The summed E-state index contributed by atoms with van der Waals surface area (Å²) < 4.78 is 3.24. The Hall–Kier alpha value is -2.39. The summed E-state index contributed by atoms with van der Waals surface area (Å²) in [5, 5.41) is 1.21. The average molecular weight is 349 g/mol. The number of rotatable bonds is 2. The first-order valence-corrected chi connectivity index (χ1v) is 7.90. The molecule has 4 aromatic rings. The minimum atomic E-state index is 0.961. The predicted octanol–water partition coefficient (Wildman–Crippen LogP) is 5.46. The van der Waals surface area contributed by atoms with Gasteiger partial charge in [0.25, 0.3) is 0 Å². The number of aromatic nitrogens is 2. The molecule has 0 amide bonds. The van der Waals surface area contributed by atoms with Crippen molar-refractivity contribution in [1.82, 2.24) is 9.55 Å². The first-order chi connectivity index (χ1) is 10.8. The Labute approximate surface area is 137 Å². The van der Waals surface area contributed by atoms with E-state index in [-0.39, 0.29) is 0 Å². The first-order valence-electron chi connectivity index (χ1n) is 7.11. The minimum Gasteiger partial charge on any atom is -0.308 e. The average Bonchev–Trinajstić information content (AvgIpc) is 2.96. The third-order valence-electron chi connectivity index (χ3n) is 3.71. The summed E-state index contributed by atoms with van der Waals surface area (Å²) in [4.78, 5) is 4.56. The molecular formula is C19H13BrN2. The Balaban J connectivity index is 2.04. The second kappa shape index (κ2) is 5.43. The van der Waals surface area contributed by atoms with Gasteiger partial charge >= 0.3 is 0 Å². The highest BCUT2D eigenvalue weighted by Crippen LogP contribution is 2.30. The molecule has 0 saturated heterocycles. The number of halogens is 1. The van der Waals surface area contributed by atoms with Gasteiger partial charge in [0.15, 0.2) is 0 Å². The van der Waals surface area contributed by atoms with Crippen LogP contribution in [0.2, 0.25) is 0 Å². The van der Waals surface area contributed by atoms with Gasteiger partial charge in [0.1, 0.15) is 0 Å². The van der Waals surface area contributed by atoms with E-state index in [1.807, 2.05) is 24.4 Å². The molecule has 0 aliphatic rings. The van der Waals surface area contributed by atoms with Crippen molar-refractivity contribution in [1.29, 1.82) is 0 Å². The molecule has 0 N–H and O–H groups in total. The number of pyridine rings is 1. The van der Waals surface area contributed by atoms with Crippen molar-refractivity contribution in [2.24, 2.45) is 0 Å². The van der Waals surface area contributed by atoms with Gasteiger partial charge in [0.2, 0.25) is 0 Å². The molecule has 2 aromatic carbocycles. The van der Waals surface area contributed by atoms with Crippen LogP contribution in [0.15, 0.2) is 83.5 Å². The molecule has 0 bridgehead atoms. The molecule has 22 heavy (non-hydrogen) atoms. The van der Waals surface area contributed by atoms with E-state index < -0.39 is 0 Å². The van der Waals surface area contributed by atoms with E-state index in [1.165, 1.54) is 10.9 Å². The third kappa shape index (κ3) is 2.24. The number of hydrogen-bond acceptors (Lipinski definition) is 1. The molecule has 2 aromatic heterocycles. The molecule has 0 aliphatic carbocycles. The van der Waals surface area contributed by atoms with Crippen LogP contribution in [0.25, 0.3) is 28.0 Å².